The zero-order valence-corrected chi connectivity index (χ0v) is 13.4. The first kappa shape index (κ1) is 14.8. The molecule has 4 atom stereocenters. The maximum absolute atomic E-state index is 6.11. The van der Waals surface area contributed by atoms with E-state index in [1.807, 2.05) is 0 Å². The molecular formula is C17H31NO2. The molecule has 3 rings (SSSR count). The van der Waals surface area contributed by atoms with Gasteiger partial charge in [-0.1, -0.05) is 20.8 Å². The molecule has 4 unspecified atom stereocenters. The lowest BCUT2D eigenvalue weighted by molar-refractivity contribution is -0.104. The summed E-state index contributed by atoms with van der Waals surface area (Å²) >= 11 is 0. The third-order valence-corrected chi connectivity index (χ3v) is 5.76. The van der Waals surface area contributed by atoms with Gasteiger partial charge in [-0.2, -0.15) is 0 Å². The Hall–Kier alpha value is -0.120. The predicted octanol–water partition coefficient (Wildman–Crippen LogP) is 2.99. The molecule has 1 spiro atoms. The molecule has 2 heterocycles. The van der Waals surface area contributed by atoms with Gasteiger partial charge in [-0.15, -0.1) is 0 Å². The Morgan fingerprint density at radius 1 is 1.25 bits per heavy atom. The molecule has 1 N–H and O–H groups in total. The molecule has 116 valence electrons. The van der Waals surface area contributed by atoms with E-state index in [1.165, 1.54) is 25.7 Å². The highest BCUT2D eigenvalue weighted by Crippen LogP contribution is 2.56. The normalized spacial score (nSPS) is 41.0. The van der Waals surface area contributed by atoms with E-state index in [1.54, 1.807) is 0 Å². The van der Waals surface area contributed by atoms with Crippen LogP contribution < -0.4 is 5.32 Å². The zero-order valence-electron chi connectivity index (χ0n) is 13.4. The van der Waals surface area contributed by atoms with Crippen molar-refractivity contribution < 1.29 is 9.47 Å². The van der Waals surface area contributed by atoms with E-state index in [0.29, 0.717) is 11.5 Å². The highest BCUT2D eigenvalue weighted by atomic mass is 16.6. The first-order valence-corrected chi connectivity index (χ1v) is 8.51. The summed E-state index contributed by atoms with van der Waals surface area (Å²) in [4.78, 5) is 0. The molecule has 0 aromatic rings. The van der Waals surface area contributed by atoms with E-state index < -0.39 is 0 Å². The molecule has 0 amide bonds. The number of ether oxygens (including phenoxy) is 2. The van der Waals surface area contributed by atoms with Crippen molar-refractivity contribution in [1.29, 1.82) is 0 Å². The number of rotatable bonds is 5. The molecule has 3 fully saturated rings. The Balaban J connectivity index is 1.67. The predicted molar refractivity (Wildman–Crippen MR) is 80.8 cm³/mol. The summed E-state index contributed by atoms with van der Waals surface area (Å²) in [6.07, 6.45) is 6.12. The van der Waals surface area contributed by atoms with E-state index in [0.717, 1.165) is 44.6 Å². The van der Waals surface area contributed by atoms with Crippen LogP contribution in [0.5, 0.6) is 0 Å². The minimum absolute atomic E-state index is 0.0497. The maximum atomic E-state index is 6.11. The van der Waals surface area contributed by atoms with E-state index in [9.17, 15) is 0 Å². The van der Waals surface area contributed by atoms with E-state index >= 15 is 0 Å². The average molecular weight is 281 g/mol. The molecule has 3 aliphatic rings. The van der Waals surface area contributed by atoms with Gasteiger partial charge in [-0.25, -0.2) is 0 Å². The van der Waals surface area contributed by atoms with E-state index in [2.05, 4.69) is 26.1 Å². The number of hydrogen-bond donors (Lipinski definition) is 1. The summed E-state index contributed by atoms with van der Waals surface area (Å²) in [7, 11) is 0. The summed E-state index contributed by atoms with van der Waals surface area (Å²) < 4.78 is 11.7. The van der Waals surface area contributed by atoms with Gasteiger partial charge in [-0.05, 0) is 49.5 Å². The Morgan fingerprint density at radius 2 is 2.05 bits per heavy atom. The molecule has 0 radical (unpaired) electrons. The Labute approximate surface area is 123 Å². The standard InChI is InChI=1S/C17H31NO2/c1-4-7-18-15(14-11-16(14,2)3)13-5-8-20-17(10-13)6-9-19-12-17/h13-15,18H,4-12H2,1-3H3. The van der Waals surface area contributed by atoms with Gasteiger partial charge in [0.15, 0.2) is 0 Å². The fourth-order valence-electron chi connectivity index (χ4n) is 4.30. The van der Waals surface area contributed by atoms with Crippen molar-refractivity contribution in [3.63, 3.8) is 0 Å². The fraction of sp³-hybridized carbons (Fsp3) is 1.00. The van der Waals surface area contributed by atoms with Crippen molar-refractivity contribution in [2.75, 3.05) is 26.4 Å². The van der Waals surface area contributed by atoms with E-state index in [4.69, 9.17) is 9.47 Å². The second kappa shape index (κ2) is 5.58. The van der Waals surface area contributed by atoms with Gasteiger partial charge in [-0.3, -0.25) is 0 Å². The topological polar surface area (TPSA) is 30.5 Å². The number of nitrogens with one attached hydrogen (secondary N) is 1. The van der Waals surface area contributed by atoms with Crippen LogP contribution in [-0.4, -0.2) is 38.0 Å². The van der Waals surface area contributed by atoms with Gasteiger partial charge in [0.05, 0.1) is 12.2 Å². The van der Waals surface area contributed by atoms with Crippen LogP contribution in [0.4, 0.5) is 0 Å². The van der Waals surface area contributed by atoms with Crippen molar-refractivity contribution in [1.82, 2.24) is 5.32 Å². The Kier molecular flexibility index (Phi) is 4.13. The van der Waals surface area contributed by atoms with Crippen LogP contribution >= 0.6 is 0 Å². The molecular weight excluding hydrogens is 250 g/mol. The lowest BCUT2D eigenvalue weighted by Crippen LogP contribution is -2.48. The highest BCUT2D eigenvalue weighted by Gasteiger charge is 2.53. The summed E-state index contributed by atoms with van der Waals surface area (Å²) in [5.41, 5.74) is 0.594. The van der Waals surface area contributed by atoms with Crippen molar-refractivity contribution in [2.24, 2.45) is 17.3 Å². The van der Waals surface area contributed by atoms with Crippen LogP contribution in [0.1, 0.15) is 52.9 Å². The molecule has 0 aromatic carbocycles. The smallest absolute Gasteiger partial charge is 0.0939 e. The van der Waals surface area contributed by atoms with Crippen LogP contribution in [0.2, 0.25) is 0 Å². The lowest BCUT2D eigenvalue weighted by atomic mass is 9.78. The van der Waals surface area contributed by atoms with Crippen molar-refractivity contribution in [3.05, 3.63) is 0 Å². The van der Waals surface area contributed by atoms with Gasteiger partial charge in [0.2, 0.25) is 0 Å². The van der Waals surface area contributed by atoms with Crippen molar-refractivity contribution >= 4 is 0 Å². The molecule has 0 aromatic heterocycles. The number of hydrogen-bond acceptors (Lipinski definition) is 3. The molecule has 0 bridgehead atoms. The Morgan fingerprint density at radius 3 is 2.65 bits per heavy atom. The Bertz CT molecular complexity index is 336. The first-order valence-electron chi connectivity index (χ1n) is 8.51. The quantitative estimate of drug-likeness (QED) is 0.840. The summed E-state index contributed by atoms with van der Waals surface area (Å²) in [5.74, 6) is 1.63. The third kappa shape index (κ3) is 2.90. The van der Waals surface area contributed by atoms with Crippen LogP contribution in [-0.2, 0) is 9.47 Å². The summed E-state index contributed by atoms with van der Waals surface area (Å²) in [5, 5.41) is 3.87. The minimum Gasteiger partial charge on any atom is -0.378 e. The summed E-state index contributed by atoms with van der Waals surface area (Å²) in [6.45, 7) is 10.9. The van der Waals surface area contributed by atoms with Crippen LogP contribution in [0, 0.1) is 17.3 Å². The monoisotopic (exact) mass is 281 g/mol. The molecule has 20 heavy (non-hydrogen) atoms. The SMILES string of the molecule is CCCNC(C1CCOC2(CCOC2)C1)C1CC1(C)C. The molecule has 3 nitrogen and oxygen atoms in total. The zero-order chi connectivity index (χ0) is 14.2. The molecule has 1 aliphatic carbocycles. The van der Waals surface area contributed by atoms with Gasteiger partial charge >= 0.3 is 0 Å². The van der Waals surface area contributed by atoms with Crippen LogP contribution in [0.25, 0.3) is 0 Å². The molecule has 3 heteroatoms. The highest BCUT2D eigenvalue weighted by molar-refractivity contribution is 5.06. The van der Waals surface area contributed by atoms with Crippen LogP contribution in [0.15, 0.2) is 0 Å². The van der Waals surface area contributed by atoms with Gasteiger partial charge in [0.1, 0.15) is 0 Å². The second-order valence-electron chi connectivity index (χ2n) is 7.87. The molecule has 2 saturated heterocycles. The first-order chi connectivity index (χ1) is 9.56. The van der Waals surface area contributed by atoms with Crippen LogP contribution in [0.3, 0.4) is 0 Å². The largest absolute Gasteiger partial charge is 0.378 e. The van der Waals surface area contributed by atoms with E-state index in [-0.39, 0.29) is 5.60 Å². The molecule has 1 saturated carbocycles. The maximum Gasteiger partial charge on any atom is 0.0939 e. The summed E-state index contributed by atoms with van der Waals surface area (Å²) in [6, 6.07) is 0.686. The second-order valence-corrected chi connectivity index (χ2v) is 7.87. The van der Waals surface area contributed by atoms with Crippen molar-refractivity contribution in [3.8, 4) is 0 Å². The third-order valence-electron chi connectivity index (χ3n) is 5.76. The van der Waals surface area contributed by atoms with Gasteiger partial charge in [0.25, 0.3) is 0 Å². The van der Waals surface area contributed by atoms with Crippen molar-refractivity contribution in [2.45, 2.75) is 64.5 Å². The average Bonchev–Trinajstić information content (AvgIpc) is 2.83. The van der Waals surface area contributed by atoms with Gasteiger partial charge < -0.3 is 14.8 Å². The fourth-order valence-corrected chi connectivity index (χ4v) is 4.30. The lowest BCUT2D eigenvalue weighted by Gasteiger charge is -2.41. The van der Waals surface area contributed by atoms with Gasteiger partial charge in [0, 0.05) is 25.7 Å². The minimum atomic E-state index is 0.0497. The molecule has 2 aliphatic heterocycles.